The maximum atomic E-state index is 11.3. The fraction of sp³-hybridized carbons (Fsp3) is 0.692. The van der Waals surface area contributed by atoms with Crippen molar-refractivity contribution in [2.75, 3.05) is 17.2 Å². The van der Waals surface area contributed by atoms with E-state index in [4.69, 9.17) is 0 Å². The second-order valence-electron chi connectivity index (χ2n) is 5.22. The Morgan fingerprint density at radius 2 is 2.05 bits per heavy atom. The van der Waals surface area contributed by atoms with Crippen LogP contribution in [0.5, 0.6) is 0 Å². The zero-order valence-corrected chi connectivity index (χ0v) is 11.9. The van der Waals surface area contributed by atoms with Crippen molar-refractivity contribution in [3.05, 3.63) is 16.4 Å². The van der Waals surface area contributed by atoms with Gasteiger partial charge in [-0.15, -0.1) is 0 Å². The van der Waals surface area contributed by atoms with Crippen LogP contribution in [0.25, 0.3) is 0 Å². The van der Waals surface area contributed by atoms with Gasteiger partial charge in [0.2, 0.25) is 11.6 Å². The van der Waals surface area contributed by atoms with Crippen molar-refractivity contribution in [3.63, 3.8) is 0 Å². The number of nitro groups is 1. The summed E-state index contributed by atoms with van der Waals surface area (Å²) in [4.78, 5) is 18.9. The number of hydrogen-bond donors (Lipinski definition) is 2. The molecule has 2 rings (SSSR count). The van der Waals surface area contributed by atoms with Crippen LogP contribution in [-0.4, -0.2) is 27.5 Å². The Labute approximate surface area is 118 Å². The van der Waals surface area contributed by atoms with Gasteiger partial charge in [0.15, 0.2) is 0 Å². The normalized spacial score (nSPS) is 22.3. The monoisotopic (exact) mass is 279 g/mol. The zero-order valence-electron chi connectivity index (χ0n) is 11.9. The Kier molecular flexibility index (Phi) is 4.70. The van der Waals surface area contributed by atoms with E-state index in [0.717, 1.165) is 19.3 Å². The smallest absolute Gasteiger partial charge is 0.353 e. The molecule has 1 aromatic rings. The lowest BCUT2D eigenvalue weighted by Crippen LogP contribution is -2.31. The van der Waals surface area contributed by atoms with E-state index >= 15 is 0 Å². The number of anilines is 2. The van der Waals surface area contributed by atoms with Crippen molar-refractivity contribution in [1.29, 1.82) is 0 Å². The molecule has 1 saturated carbocycles. The Hall–Kier alpha value is -1.92. The molecular weight excluding hydrogens is 258 g/mol. The number of nitrogens with zero attached hydrogens (tertiary/aromatic N) is 3. The summed E-state index contributed by atoms with van der Waals surface area (Å²) in [6.45, 7) is 4.63. The molecule has 0 aromatic carbocycles. The van der Waals surface area contributed by atoms with E-state index in [2.05, 4.69) is 27.5 Å². The standard InChI is InChI=1S/C13H21N5O2/c1-3-14-12-11(18(19)20)13(16-8-15-12)17-10-7-5-4-6-9(10)2/h8-10H,3-7H2,1-2H3,(H2,14,15,16,17). The average Bonchev–Trinajstić information content (AvgIpc) is 2.41. The number of nitrogens with one attached hydrogen (secondary N) is 2. The lowest BCUT2D eigenvalue weighted by Gasteiger charge is -2.29. The second-order valence-corrected chi connectivity index (χ2v) is 5.22. The van der Waals surface area contributed by atoms with E-state index in [-0.39, 0.29) is 17.5 Å². The second kappa shape index (κ2) is 6.49. The highest BCUT2D eigenvalue weighted by Gasteiger charge is 2.27. The van der Waals surface area contributed by atoms with E-state index in [9.17, 15) is 10.1 Å². The first-order valence-corrected chi connectivity index (χ1v) is 7.13. The van der Waals surface area contributed by atoms with Gasteiger partial charge in [-0.05, 0) is 25.7 Å². The van der Waals surface area contributed by atoms with E-state index in [1.807, 2.05) is 6.92 Å². The van der Waals surface area contributed by atoms with E-state index in [1.54, 1.807) is 0 Å². The Morgan fingerprint density at radius 3 is 2.70 bits per heavy atom. The maximum Gasteiger partial charge on any atom is 0.353 e. The van der Waals surface area contributed by atoms with Gasteiger partial charge in [0.1, 0.15) is 6.33 Å². The number of aromatic nitrogens is 2. The Bertz CT molecular complexity index is 480. The summed E-state index contributed by atoms with van der Waals surface area (Å²) in [5, 5.41) is 17.4. The van der Waals surface area contributed by atoms with Crippen molar-refractivity contribution in [2.24, 2.45) is 5.92 Å². The molecule has 1 aliphatic rings. The fourth-order valence-electron chi connectivity index (χ4n) is 2.66. The van der Waals surface area contributed by atoms with Crippen LogP contribution < -0.4 is 10.6 Å². The molecule has 20 heavy (non-hydrogen) atoms. The van der Waals surface area contributed by atoms with Gasteiger partial charge in [0, 0.05) is 12.6 Å². The van der Waals surface area contributed by atoms with Crippen LogP contribution in [0.1, 0.15) is 39.5 Å². The van der Waals surface area contributed by atoms with Crippen LogP contribution in [0, 0.1) is 16.0 Å². The predicted octanol–water partition coefficient (Wildman–Crippen LogP) is 2.81. The number of hydrogen-bond acceptors (Lipinski definition) is 6. The molecule has 7 nitrogen and oxygen atoms in total. The van der Waals surface area contributed by atoms with Gasteiger partial charge in [-0.3, -0.25) is 10.1 Å². The van der Waals surface area contributed by atoms with Gasteiger partial charge >= 0.3 is 5.69 Å². The molecule has 2 unspecified atom stereocenters. The van der Waals surface area contributed by atoms with Gasteiger partial charge in [-0.2, -0.15) is 0 Å². The Balaban J connectivity index is 2.26. The van der Waals surface area contributed by atoms with Crippen molar-refractivity contribution in [1.82, 2.24) is 9.97 Å². The minimum Gasteiger partial charge on any atom is -0.364 e. The Morgan fingerprint density at radius 1 is 1.35 bits per heavy atom. The molecule has 0 aliphatic heterocycles. The van der Waals surface area contributed by atoms with Gasteiger partial charge in [-0.25, -0.2) is 9.97 Å². The summed E-state index contributed by atoms with van der Waals surface area (Å²) >= 11 is 0. The third-order valence-corrected chi connectivity index (χ3v) is 3.78. The molecule has 0 saturated heterocycles. The molecule has 2 N–H and O–H groups in total. The minimum absolute atomic E-state index is 0.0628. The van der Waals surface area contributed by atoms with Gasteiger partial charge in [0.05, 0.1) is 4.92 Å². The molecule has 0 radical (unpaired) electrons. The molecule has 1 fully saturated rings. The fourth-order valence-corrected chi connectivity index (χ4v) is 2.66. The first-order valence-electron chi connectivity index (χ1n) is 7.13. The summed E-state index contributed by atoms with van der Waals surface area (Å²) in [6.07, 6.45) is 5.92. The summed E-state index contributed by atoms with van der Waals surface area (Å²) in [5.41, 5.74) is -0.0628. The molecule has 1 aromatic heterocycles. The van der Waals surface area contributed by atoms with Crippen LogP contribution in [0.2, 0.25) is 0 Å². The highest BCUT2D eigenvalue weighted by atomic mass is 16.6. The van der Waals surface area contributed by atoms with Gasteiger partial charge < -0.3 is 10.6 Å². The predicted molar refractivity (Wildman–Crippen MR) is 77.9 cm³/mol. The minimum atomic E-state index is -0.423. The van der Waals surface area contributed by atoms with Crippen LogP contribution >= 0.6 is 0 Å². The zero-order chi connectivity index (χ0) is 14.5. The summed E-state index contributed by atoms with van der Waals surface area (Å²) in [5.74, 6) is 1.10. The molecule has 1 aliphatic carbocycles. The highest BCUT2D eigenvalue weighted by Crippen LogP contribution is 2.32. The lowest BCUT2D eigenvalue weighted by atomic mass is 9.86. The summed E-state index contributed by atoms with van der Waals surface area (Å²) < 4.78 is 0. The van der Waals surface area contributed by atoms with Crippen LogP contribution in [-0.2, 0) is 0 Å². The van der Waals surface area contributed by atoms with Crippen molar-refractivity contribution in [3.8, 4) is 0 Å². The third kappa shape index (κ3) is 3.15. The highest BCUT2D eigenvalue weighted by molar-refractivity contribution is 5.69. The topological polar surface area (TPSA) is 93.0 Å². The largest absolute Gasteiger partial charge is 0.364 e. The molecule has 7 heteroatoms. The third-order valence-electron chi connectivity index (χ3n) is 3.78. The molecule has 2 atom stereocenters. The van der Waals surface area contributed by atoms with Crippen molar-refractivity contribution >= 4 is 17.3 Å². The molecule has 0 amide bonds. The van der Waals surface area contributed by atoms with Crippen LogP contribution in [0.4, 0.5) is 17.3 Å². The SMILES string of the molecule is CCNc1ncnc(NC2CCCCC2C)c1[N+](=O)[O-]. The molecule has 1 heterocycles. The van der Waals surface area contributed by atoms with Gasteiger partial charge in [0.25, 0.3) is 0 Å². The summed E-state index contributed by atoms with van der Waals surface area (Å²) in [7, 11) is 0. The first kappa shape index (κ1) is 14.5. The average molecular weight is 279 g/mol. The van der Waals surface area contributed by atoms with Gasteiger partial charge in [-0.1, -0.05) is 19.8 Å². The molecule has 0 spiro atoms. The quantitative estimate of drug-likeness (QED) is 0.636. The number of rotatable bonds is 5. The molecule has 0 bridgehead atoms. The van der Waals surface area contributed by atoms with E-state index in [0.29, 0.717) is 18.3 Å². The van der Waals surface area contributed by atoms with Crippen molar-refractivity contribution in [2.45, 2.75) is 45.6 Å². The maximum absolute atomic E-state index is 11.3. The van der Waals surface area contributed by atoms with Crippen molar-refractivity contribution < 1.29 is 4.92 Å². The van der Waals surface area contributed by atoms with E-state index < -0.39 is 4.92 Å². The first-order chi connectivity index (χ1) is 9.63. The van der Waals surface area contributed by atoms with E-state index in [1.165, 1.54) is 12.7 Å². The summed E-state index contributed by atoms with van der Waals surface area (Å²) in [6, 6.07) is 0.242. The molecular formula is C13H21N5O2. The molecule has 110 valence electrons. The van der Waals surface area contributed by atoms with Crippen LogP contribution in [0.3, 0.4) is 0 Å². The lowest BCUT2D eigenvalue weighted by molar-refractivity contribution is -0.383. The van der Waals surface area contributed by atoms with Crippen LogP contribution in [0.15, 0.2) is 6.33 Å².